The summed E-state index contributed by atoms with van der Waals surface area (Å²) in [5.41, 5.74) is 1.37. The molecule has 6 rings (SSSR count). The topological polar surface area (TPSA) is 104 Å². The van der Waals surface area contributed by atoms with Gasteiger partial charge in [0.25, 0.3) is 11.8 Å². The first-order valence-corrected chi connectivity index (χ1v) is 13.7. The van der Waals surface area contributed by atoms with Crippen molar-refractivity contribution >= 4 is 52.5 Å². The van der Waals surface area contributed by atoms with Gasteiger partial charge in [-0.1, -0.05) is 23.8 Å². The molecule has 40 heavy (non-hydrogen) atoms. The van der Waals surface area contributed by atoms with Gasteiger partial charge in [0.1, 0.15) is 18.2 Å². The Morgan fingerprint density at radius 2 is 1.65 bits per heavy atom. The Kier molecular flexibility index (Phi) is 6.32. The van der Waals surface area contributed by atoms with Crippen LogP contribution < -0.4 is 9.64 Å². The number of carbonyl (C=O) groups excluding carboxylic acids is 4. The van der Waals surface area contributed by atoms with E-state index in [2.05, 4.69) is 0 Å². The number of allylic oxidation sites excluding steroid dienone is 2. The van der Waals surface area contributed by atoms with E-state index in [-0.39, 0.29) is 43.6 Å². The quantitative estimate of drug-likeness (QED) is 0.327. The minimum atomic E-state index is -1.99. The second kappa shape index (κ2) is 9.39. The number of likely N-dealkylation sites (tertiary alicyclic amines) is 1. The van der Waals surface area contributed by atoms with Gasteiger partial charge in [0.15, 0.2) is 9.75 Å². The number of benzene rings is 2. The summed E-state index contributed by atoms with van der Waals surface area (Å²) < 4.78 is 19.2. The van der Waals surface area contributed by atoms with E-state index in [0.29, 0.717) is 16.9 Å². The number of aliphatic hydroxyl groups excluding tert-OH is 1. The largest absolute Gasteiger partial charge is 0.491 e. The monoisotopic (exact) mass is 586 g/mol. The fourth-order valence-corrected chi connectivity index (χ4v) is 7.79. The second-order valence-corrected chi connectivity index (χ2v) is 11.9. The molecular weight excluding hydrogens is 562 g/mol. The van der Waals surface area contributed by atoms with Gasteiger partial charge in [-0.2, -0.15) is 0 Å². The Labute approximate surface area is 239 Å². The van der Waals surface area contributed by atoms with E-state index in [1.54, 1.807) is 24.3 Å². The molecule has 0 radical (unpaired) electrons. The number of anilines is 1. The smallest absolute Gasteiger partial charge is 0.258 e. The average Bonchev–Trinajstić information content (AvgIpc) is 3.26. The lowest BCUT2D eigenvalue weighted by atomic mass is 9.56. The number of carbonyl (C=O) groups is 4. The lowest BCUT2D eigenvalue weighted by molar-refractivity contribution is -0.138. The van der Waals surface area contributed by atoms with Crippen LogP contribution in [-0.4, -0.2) is 63.6 Å². The van der Waals surface area contributed by atoms with Crippen LogP contribution in [0.4, 0.5) is 10.1 Å². The number of aliphatic hydroxyl groups is 1. The van der Waals surface area contributed by atoms with Crippen LogP contribution >= 0.6 is 23.2 Å². The van der Waals surface area contributed by atoms with Gasteiger partial charge < -0.3 is 9.84 Å². The van der Waals surface area contributed by atoms with Gasteiger partial charge in [-0.05, 0) is 60.7 Å². The summed E-state index contributed by atoms with van der Waals surface area (Å²) in [7, 11) is 1.44. The Morgan fingerprint density at radius 3 is 2.30 bits per heavy atom. The molecule has 2 aromatic rings. The molecule has 6 atom stereocenters. The zero-order valence-corrected chi connectivity index (χ0v) is 22.9. The van der Waals surface area contributed by atoms with E-state index in [9.17, 15) is 23.6 Å². The first-order valence-electron chi connectivity index (χ1n) is 12.9. The molecule has 0 aromatic heterocycles. The number of fused-ring (bicyclic) bond motifs is 4. The third-order valence-electron chi connectivity index (χ3n) is 8.69. The van der Waals surface area contributed by atoms with E-state index < -0.39 is 51.1 Å². The second-order valence-electron chi connectivity index (χ2n) is 10.6. The molecule has 11 heteroatoms. The maximum atomic E-state index is 14.2. The maximum Gasteiger partial charge on any atom is 0.258 e. The van der Waals surface area contributed by atoms with Crippen molar-refractivity contribution in [3.63, 3.8) is 0 Å². The molecule has 2 aromatic carbocycles. The highest BCUT2D eigenvalue weighted by Gasteiger charge is 2.76. The number of hydrogen-bond donors (Lipinski definition) is 1. The van der Waals surface area contributed by atoms with E-state index in [1.165, 1.54) is 19.2 Å². The van der Waals surface area contributed by atoms with Gasteiger partial charge in [-0.25, -0.2) is 9.29 Å². The lowest BCUT2D eigenvalue weighted by Crippen LogP contribution is -2.60. The molecule has 8 nitrogen and oxygen atoms in total. The van der Waals surface area contributed by atoms with Gasteiger partial charge in [0, 0.05) is 13.0 Å². The van der Waals surface area contributed by atoms with E-state index >= 15 is 0 Å². The number of imide groups is 2. The minimum absolute atomic E-state index is 0.0899. The molecule has 0 bridgehead atoms. The first-order chi connectivity index (χ1) is 19.0. The van der Waals surface area contributed by atoms with Crippen LogP contribution in [0.2, 0.25) is 0 Å². The molecule has 4 amide bonds. The van der Waals surface area contributed by atoms with E-state index in [0.717, 1.165) is 21.9 Å². The molecule has 1 N–H and O–H groups in total. The van der Waals surface area contributed by atoms with Gasteiger partial charge in [-0.15, -0.1) is 23.2 Å². The highest BCUT2D eigenvalue weighted by Crippen LogP contribution is 2.65. The Bertz CT molecular complexity index is 1460. The molecule has 4 aliphatic rings. The summed E-state index contributed by atoms with van der Waals surface area (Å²) in [5.74, 6) is -5.11. The SMILES string of the molecule is CN1C(=O)[C@H]2[C@H](CC=C3[C@H]2C[C@@]2(Cl)C(=O)N(c4ccc(F)cc4)C(=O)[C@@]2(Cl)[C@H]3c2ccc(OCCO)cc2)C1=O. The average molecular weight is 587 g/mol. The van der Waals surface area contributed by atoms with Crippen molar-refractivity contribution in [2.45, 2.75) is 28.5 Å². The van der Waals surface area contributed by atoms with Crippen LogP contribution in [0.15, 0.2) is 60.2 Å². The third kappa shape index (κ3) is 3.53. The number of ether oxygens (including phenoxy) is 1. The summed E-state index contributed by atoms with van der Waals surface area (Å²) in [4.78, 5) is 52.5. The number of rotatable bonds is 5. The predicted octanol–water partition coefficient (Wildman–Crippen LogP) is 3.39. The Hall–Kier alpha value is -3.27. The molecule has 1 saturated carbocycles. The van der Waals surface area contributed by atoms with Gasteiger partial charge in [0.2, 0.25) is 11.8 Å². The predicted molar refractivity (Wildman–Crippen MR) is 143 cm³/mol. The molecule has 208 valence electrons. The zero-order chi connectivity index (χ0) is 28.6. The summed E-state index contributed by atoms with van der Waals surface area (Å²) in [5, 5.41) is 9.09. The Balaban J connectivity index is 1.52. The number of halogens is 3. The van der Waals surface area contributed by atoms with Crippen molar-refractivity contribution in [1.29, 1.82) is 0 Å². The van der Waals surface area contributed by atoms with Crippen molar-refractivity contribution in [1.82, 2.24) is 4.90 Å². The van der Waals surface area contributed by atoms with Crippen molar-refractivity contribution in [3.8, 4) is 5.75 Å². The van der Waals surface area contributed by atoms with Crippen molar-refractivity contribution < 1.29 is 33.4 Å². The molecule has 2 aliphatic carbocycles. The normalized spacial score (nSPS) is 33.1. The minimum Gasteiger partial charge on any atom is -0.491 e. The molecule has 0 unspecified atom stereocenters. The molecular formula is C29H25Cl2FN2O6. The van der Waals surface area contributed by atoms with E-state index in [4.69, 9.17) is 33.0 Å². The fraction of sp³-hybridized carbons (Fsp3) is 0.379. The molecule has 0 spiro atoms. The van der Waals surface area contributed by atoms with Crippen LogP contribution in [-0.2, 0) is 19.2 Å². The van der Waals surface area contributed by atoms with Gasteiger partial charge in [0.05, 0.1) is 24.1 Å². The van der Waals surface area contributed by atoms with Crippen molar-refractivity contribution in [2.75, 3.05) is 25.2 Å². The van der Waals surface area contributed by atoms with Gasteiger partial charge >= 0.3 is 0 Å². The fourth-order valence-electron chi connectivity index (χ4n) is 6.85. The van der Waals surface area contributed by atoms with Crippen molar-refractivity contribution in [2.24, 2.45) is 17.8 Å². The summed E-state index contributed by atoms with van der Waals surface area (Å²) in [6, 6.07) is 11.6. The third-order valence-corrected chi connectivity index (χ3v) is 10.1. The van der Waals surface area contributed by atoms with Crippen LogP contribution in [0, 0.1) is 23.6 Å². The zero-order valence-electron chi connectivity index (χ0n) is 21.4. The lowest BCUT2D eigenvalue weighted by Gasteiger charge is -2.50. The van der Waals surface area contributed by atoms with E-state index in [1.807, 2.05) is 6.08 Å². The van der Waals surface area contributed by atoms with Crippen LogP contribution in [0.3, 0.4) is 0 Å². The highest BCUT2D eigenvalue weighted by atomic mass is 35.5. The number of amides is 4. The summed E-state index contributed by atoms with van der Waals surface area (Å²) in [6.45, 7) is -0.0787. The Morgan fingerprint density at radius 1 is 0.975 bits per heavy atom. The van der Waals surface area contributed by atoms with Crippen molar-refractivity contribution in [3.05, 3.63) is 71.6 Å². The molecule has 2 saturated heterocycles. The number of nitrogens with zero attached hydrogens (tertiary/aromatic N) is 2. The van der Waals surface area contributed by atoms with Gasteiger partial charge in [-0.3, -0.25) is 24.1 Å². The number of hydrogen-bond acceptors (Lipinski definition) is 6. The summed E-state index contributed by atoms with van der Waals surface area (Å²) >= 11 is 14.5. The molecule has 2 heterocycles. The standard InChI is InChI=1S/C29H25Cl2FN2O6/c1-33-24(36)20-11-10-19-21(22(20)25(33)37)14-28(30)26(38)34(17-6-4-16(32)5-7-17)27(39)29(28,31)23(19)15-2-8-18(9-3-15)40-13-12-35/h2-10,20-23,35H,11-14H2,1H3/t20-,21+,22-,23-,28+,29-/m0/s1. The summed E-state index contributed by atoms with van der Waals surface area (Å²) in [6.07, 6.45) is 2.01. The van der Waals surface area contributed by atoms with Crippen LogP contribution in [0.5, 0.6) is 5.75 Å². The molecule has 3 fully saturated rings. The first kappa shape index (κ1) is 26.9. The number of alkyl halides is 2. The van der Waals surface area contributed by atoms with Crippen LogP contribution in [0.1, 0.15) is 24.3 Å². The molecule has 2 aliphatic heterocycles. The maximum absolute atomic E-state index is 14.2. The van der Waals surface area contributed by atoms with Crippen LogP contribution in [0.25, 0.3) is 0 Å². The highest BCUT2D eigenvalue weighted by molar-refractivity contribution is 6.58.